The van der Waals surface area contributed by atoms with Crippen molar-refractivity contribution in [2.45, 2.75) is 5.38 Å². The number of carbonyl (C=O) groups excluding carboxylic acids is 1. The average Bonchev–Trinajstić information content (AvgIpc) is 2.03. The summed E-state index contributed by atoms with van der Waals surface area (Å²) >= 11 is 5.74. The van der Waals surface area contributed by atoms with Gasteiger partial charge in [0.15, 0.2) is 0 Å². The smallest absolute Gasteiger partial charge is 0.252 e. The third-order valence-electron chi connectivity index (χ3n) is 1.36. The number of alkyl halides is 1. The average molecular weight is 173 g/mol. The molecule has 0 bridgehead atoms. The number of carbonyl (C=O) groups is 1. The Morgan fingerprint density at radius 1 is 1.91 bits per heavy atom. The largest absolute Gasteiger partial charge is 0.355 e. The van der Waals surface area contributed by atoms with Crippen LogP contribution in [0.2, 0.25) is 0 Å². The molecule has 11 heavy (non-hydrogen) atoms. The van der Waals surface area contributed by atoms with Crippen molar-refractivity contribution < 1.29 is 4.79 Å². The van der Waals surface area contributed by atoms with E-state index >= 15 is 0 Å². The molecule has 0 aromatic carbocycles. The SMILES string of the molecule is CNC(=O)C1=CC(Cl)CN=C1. The maximum Gasteiger partial charge on any atom is 0.252 e. The highest BCUT2D eigenvalue weighted by molar-refractivity contribution is 6.24. The Balaban J connectivity index is 2.71. The molecule has 3 nitrogen and oxygen atoms in total. The predicted octanol–water partition coefficient (Wildman–Crippen LogP) is 0.351. The van der Waals surface area contributed by atoms with Crippen LogP contribution < -0.4 is 5.32 Å². The summed E-state index contributed by atoms with van der Waals surface area (Å²) in [7, 11) is 1.58. The van der Waals surface area contributed by atoms with E-state index in [1.165, 1.54) is 6.21 Å². The van der Waals surface area contributed by atoms with Gasteiger partial charge in [-0.15, -0.1) is 11.6 Å². The first kappa shape index (κ1) is 8.27. The van der Waals surface area contributed by atoms with E-state index in [4.69, 9.17) is 11.6 Å². The van der Waals surface area contributed by atoms with Crippen LogP contribution in [-0.4, -0.2) is 31.1 Å². The second kappa shape index (κ2) is 3.53. The van der Waals surface area contributed by atoms with Gasteiger partial charge in [-0.1, -0.05) is 6.08 Å². The molecule has 0 saturated carbocycles. The molecular formula is C7H9ClN2O. The van der Waals surface area contributed by atoms with E-state index in [0.29, 0.717) is 12.1 Å². The number of halogens is 1. The Hall–Kier alpha value is -0.830. The number of dihydropyridines is 1. The van der Waals surface area contributed by atoms with Gasteiger partial charge in [-0.05, 0) is 0 Å². The van der Waals surface area contributed by atoms with E-state index in [1.54, 1.807) is 13.1 Å². The van der Waals surface area contributed by atoms with Gasteiger partial charge in [0.2, 0.25) is 0 Å². The first-order chi connectivity index (χ1) is 5.24. The third-order valence-corrected chi connectivity index (χ3v) is 1.62. The van der Waals surface area contributed by atoms with Crippen LogP contribution in [0.15, 0.2) is 16.6 Å². The number of nitrogens with zero attached hydrogens (tertiary/aromatic N) is 1. The lowest BCUT2D eigenvalue weighted by Gasteiger charge is -2.08. The van der Waals surface area contributed by atoms with Crippen molar-refractivity contribution in [1.82, 2.24) is 5.32 Å². The zero-order valence-corrected chi connectivity index (χ0v) is 6.93. The monoisotopic (exact) mass is 172 g/mol. The van der Waals surface area contributed by atoms with Crippen molar-refractivity contribution in [2.75, 3.05) is 13.6 Å². The zero-order chi connectivity index (χ0) is 8.27. The molecule has 1 aliphatic rings. The van der Waals surface area contributed by atoms with Crippen molar-refractivity contribution in [3.63, 3.8) is 0 Å². The molecule has 0 aromatic rings. The van der Waals surface area contributed by atoms with Crippen LogP contribution in [0.1, 0.15) is 0 Å². The minimum atomic E-state index is -0.146. The molecule has 1 amide bonds. The van der Waals surface area contributed by atoms with Crippen LogP contribution in [0.4, 0.5) is 0 Å². The number of aliphatic imine (C=N–C) groups is 1. The molecule has 1 unspecified atom stereocenters. The first-order valence-electron chi connectivity index (χ1n) is 3.32. The molecule has 0 aliphatic carbocycles. The summed E-state index contributed by atoms with van der Waals surface area (Å²) in [6.07, 6.45) is 3.24. The van der Waals surface area contributed by atoms with E-state index in [-0.39, 0.29) is 11.3 Å². The molecule has 0 radical (unpaired) electrons. The van der Waals surface area contributed by atoms with Gasteiger partial charge in [-0.2, -0.15) is 0 Å². The van der Waals surface area contributed by atoms with Gasteiger partial charge in [-0.3, -0.25) is 9.79 Å². The second-order valence-corrected chi connectivity index (χ2v) is 2.77. The molecule has 1 aliphatic heterocycles. The van der Waals surface area contributed by atoms with Gasteiger partial charge in [0, 0.05) is 13.3 Å². The van der Waals surface area contributed by atoms with Gasteiger partial charge in [0.05, 0.1) is 17.5 Å². The fourth-order valence-corrected chi connectivity index (χ4v) is 1.04. The quantitative estimate of drug-likeness (QED) is 0.570. The van der Waals surface area contributed by atoms with Gasteiger partial charge < -0.3 is 5.32 Å². The van der Waals surface area contributed by atoms with Gasteiger partial charge in [0.1, 0.15) is 0 Å². The highest BCUT2D eigenvalue weighted by Gasteiger charge is 2.11. The second-order valence-electron chi connectivity index (χ2n) is 2.21. The Kier molecular flexibility index (Phi) is 2.65. The van der Waals surface area contributed by atoms with E-state index in [2.05, 4.69) is 10.3 Å². The van der Waals surface area contributed by atoms with E-state index in [0.717, 1.165) is 0 Å². The predicted molar refractivity (Wildman–Crippen MR) is 45.1 cm³/mol. The summed E-state index contributed by atoms with van der Waals surface area (Å²) < 4.78 is 0. The zero-order valence-electron chi connectivity index (χ0n) is 6.17. The number of hydrogen-bond acceptors (Lipinski definition) is 2. The number of nitrogens with one attached hydrogen (secondary N) is 1. The fraction of sp³-hybridized carbons (Fsp3) is 0.429. The van der Waals surface area contributed by atoms with Crippen molar-refractivity contribution in [3.8, 4) is 0 Å². The summed E-state index contributed by atoms with van der Waals surface area (Å²) in [4.78, 5) is 14.9. The van der Waals surface area contributed by atoms with Crippen LogP contribution in [0, 0.1) is 0 Å². The number of hydrogen-bond donors (Lipinski definition) is 1. The summed E-state index contributed by atoms with van der Waals surface area (Å²) in [5, 5.41) is 2.35. The molecule has 1 atom stereocenters. The topological polar surface area (TPSA) is 41.5 Å². The van der Waals surface area contributed by atoms with Gasteiger partial charge >= 0.3 is 0 Å². The lowest BCUT2D eigenvalue weighted by molar-refractivity contribution is -0.116. The first-order valence-corrected chi connectivity index (χ1v) is 3.75. The Morgan fingerprint density at radius 3 is 3.18 bits per heavy atom. The molecule has 60 valence electrons. The number of rotatable bonds is 1. The van der Waals surface area contributed by atoms with E-state index < -0.39 is 0 Å². The van der Waals surface area contributed by atoms with Crippen molar-refractivity contribution in [2.24, 2.45) is 4.99 Å². The molecule has 1 N–H and O–H groups in total. The van der Waals surface area contributed by atoms with Crippen molar-refractivity contribution >= 4 is 23.7 Å². The van der Waals surface area contributed by atoms with Crippen LogP contribution in [-0.2, 0) is 4.79 Å². The van der Waals surface area contributed by atoms with Gasteiger partial charge in [-0.25, -0.2) is 0 Å². The highest BCUT2D eigenvalue weighted by Crippen LogP contribution is 2.07. The number of likely N-dealkylation sites (N-methyl/N-ethyl adjacent to an activating group) is 1. The summed E-state index contributed by atoms with van der Waals surface area (Å²) in [6, 6.07) is 0. The molecule has 0 aromatic heterocycles. The minimum absolute atomic E-state index is 0.140. The lowest BCUT2D eigenvalue weighted by Crippen LogP contribution is -2.23. The molecule has 0 spiro atoms. The lowest BCUT2D eigenvalue weighted by atomic mass is 10.2. The Labute approximate surface area is 70.1 Å². The van der Waals surface area contributed by atoms with Gasteiger partial charge in [0.25, 0.3) is 5.91 Å². The Morgan fingerprint density at radius 2 is 2.64 bits per heavy atom. The summed E-state index contributed by atoms with van der Waals surface area (Å²) in [5.41, 5.74) is 0.541. The highest BCUT2D eigenvalue weighted by atomic mass is 35.5. The Bertz CT molecular complexity index is 222. The minimum Gasteiger partial charge on any atom is -0.355 e. The molecule has 0 fully saturated rings. The maximum atomic E-state index is 11.0. The number of amides is 1. The van der Waals surface area contributed by atoms with Crippen LogP contribution in [0.3, 0.4) is 0 Å². The fourth-order valence-electron chi connectivity index (χ4n) is 0.821. The van der Waals surface area contributed by atoms with Crippen LogP contribution >= 0.6 is 11.6 Å². The standard InChI is InChI=1S/C7H9ClN2O/c1-9-7(11)5-2-6(8)4-10-3-5/h2-3,6H,4H2,1H3,(H,9,11). The molecule has 4 heteroatoms. The third kappa shape index (κ3) is 2.05. The molecule has 1 heterocycles. The molecule has 1 rings (SSSR count). The van der Waals surface area contributed by atoms with Crippen molar-refractivity contribution in [1.29, 1.82) is 0 Å². The summed E-state index contributed by atoms with van der Waals surface area (Å²) in [5.74, 6) is -0.140. The normalized spacial score (nSPS) is 22.7. The maximum absolute atomic E-state index is 11.0. The van der Waals surface area contributed by atoms with Crippen molar-refractivity contribution in [3.05, 3.63) is 11.6 Å². The molecule has 0 saturated heterocycles. The van der Waals surface area contributed by atoms with E-state index in [1.807, 2.05) is 0 Å². The van der Waals surface area contributed by atoms with E-state index in [9.17, 15) is 4.79 Å². The van der Waals surface area contributed by atoms with Crippen LogP contribution in [0.5, 0.6) is 0 Å². The van der Waals surface area contributed by atoms with Crippen LogP contribution in [0.25, 0.3) is 0 Å². The molecular weight excluding hydrogens is 164 g/mol. The summed E-state index contributed by atoms with van der Waals surface area (Å²) in [6.45, 7) is 0.558.